The van der Waals surface area contributed by atoms with Crippen LogP contribution in [0, 0.1) is 0 Å². The van der Waals surface area contributed by atoms with Crippen LogP contribution in [-0.4, -0.2) is 10.8 Å². The van der Waals surface area contributed by atoms with Crippen LogP contribution < -0.4 is 5.73 Å². The Bertz CT molecular complexity index is 145. The van der Waals surface area contributed by atoms with Crippen LogP contribution in [0.4, 0.5) is 0 Å². The monoisotopic (exact) mass is 173 g/mol. The maximum absolute atomic E-state index is 10.3. The third-order valence-electron chi connectivity index (χ3n) is 1.46. The lowest BCUT2D eigenvalue weighted by atomic mass is 10.1. The third kappa shape index (κ3) is 7.46. The molecule has 2 nitrogen and oxygen atoms in total. The van der Waals surface area contributed by atoms with Gasteiger partial charge in [-0.15, -0.1) is 0 Å². The van der Waals surface area contributed by atoms with Gasteiger partial charge in [-0.1, -0.05) is 25.6 Å². The molecular formula is C8H15NOS. The van der Waals surface area contributed by atoms with Gasteiger partial charge in [0.1, 0.15) is 0 Å². The van der Waals surface area contributed by atoms with Crippen LogP contribution in [0.2, 0.25) is 0 Å². The van der Waals surface area contributed by atoms with E-state index in [1.807, 2.05) is 0 Å². The topological polar surface area (TPSA) is 43.1 Å². The Kier molecular flexibility index (Phi) is 6.03. The zero-order valence-corrected chi connectivity index (χ0v) is 7.75. The summed E-state index contributed by atoms with van der Waals surface area (Å²) in [5.41, 5.74) is 4.97. The van der Waals surface area contributed by atoms with Gasteiger partial charge < -0.3 is 5.73 Å². The van der Waals surface area contributed by atoms with Crippen molar-refractivity contribution in [1.29, 1.82) is 0 Å². The molecule has 0 atom stereocenters. The van der Waals surface area contributed by atoms with Gasteiger partial charge in [-0.3, -0.25) is 4.79 Å². The Morgan fingerprint density at radius 1 is 1.36 bits per heavy atom. The number of nitrogens with two attached hydrogens (primary N) is 1. The first kappa shape index (κ1) is 10.6. The van der Waals surface area contributed by atoms with Crippen LogP contribution in [0.3, 0.4) is 0 Å². The van der Waals surface area contributed by atoms with Crippen molar-refractivity contribution in [1.82, 2.24) is 0 Å². The summed E-state index contributed by atoms with van der Waals surface area (Å²) in [6.07, 6.45) is 4.32. The molecule has 1 amide bonds. The van der Waals surface area contributed by atoms with Crippen molar-refractivity contribution < 1.29 is 4.79 Å². The summed E-state index contributed by atoms with van der Waals surface area (Å²) in [7, 11) is 0. The number of primary amides is 1. The number of unbranched alkanes of at least 4 members (excludes halogenated alkanes) is 1. The summed E-state index contributed by atoms with van der Waals surface area (Å²) < 4.78 is 0. The summed E-state index contributed by atoms with van der Waals surface area (Å²) in [5.74, 6) is -0.260. The van der Waals surface area contributed by atoms with E-state index in [9.17, 15) is 4.79 Å². The summed E-state index contributed by atoms with van der Waals surface area (Å²) in [4.78, 5) is 11.3. The Balaban J connectivity index is 3.30. The van der Waals surface area contributed by atoms with Crippen LogP contribution in [0.5, 0.6) is 0 Å². The molecule has 0 spiro atoms. The van der Waals surface area contributed by atoms with Gasteiger partial charge in [0.15, 0.2) is 0 Å². The third-order valence-corrected chi connectivity index (χ3v) is 1.87. The van der Waals surface area contributed by atoms with E-state index in [1.165, 1.54) is 0 Å². The molecule has 11 heavy (non-hydrogen) atoms. The summed E-state index contributed by atoms with van der Waals surface area (Å²) in [5, 5.41) is 0. The zero-order valence-electron chi connectivity index (χ0n) is 6.93. The standard InChI is InChI=1S/C8H15NOS/c1-2-3-4-7(11)5-6-8(9)10/h2-6H2,1H3,(H2,9,10). The predicted octanol–water partition coefficient (Wildman–Crippen LogP) is 1.81. The van der Waals surface area contributed by atoms with E-state index in [0.29, 0.717) is 12.8 Å². The highest BCUT2D eigenvalue weighted by Gasteiger charge is 1.99. The molecule has 0 aromatic heterocycles. The maximum Gasteiger partial charge on any atom is 0.217 e. The predicted molar refractivity (Wildman–Crippen MR) is 50.6 cm³/mol. The molecule has 0 saturated carbocycles. The first-order chi connectivity index (χ1) is 5.16. The van der Waals surface area contributed by atoms with E-state index in [4.69, 9.17) is 18.0 Å². The first-order valence-electron chi connectivity index (χ1n) is 3.96. The second kappa shape index (κ2) is 6.28. The number of rotatable bonds is 6. The van der Waals surface area contributed by atoms with Gasteiger partial charge in [0.05, 0.1) is 0 Å². The number of carbonyl (C=O) groups is 1. The lowest BCUT2D eigenvalue weighted by Crippen LogP contribution is -2.11. The Labute approximate surface area is 73.2 Å². The molecule has 0 saturated heterocycles. The highest BCUT2D eigenvalue weighted by atomic mass is 32.1. The molecule has 0 unspecified atom stereocenters. The van der Waals surface area contributed by atoms with Crippen LogP contribution in [0.15, 0.2) is 0 Å². The van der Waals surface area contributed by atoms with Gasteiger partial charge in [0.25, 0.3) is 0 Å². The molecule has 64 valence electrons. The number of carbonyl (C=O) groups excluding carboxylic acids is 1. The second-order valence-corrected chi connectivity index (χ2v) is 3.19. The average molecular weight is 173 g/mol. The summed E-state index contributed by atoms with van der Waals surface area (Å²) in [6, 6.07) is 0. The molecule has 0 radical (unpaired) electrons. The van der Waals surface area contributed by atoms with E-state index in [2.05, 4.69) is 6.92 Å². The minimum absolute atomic E-state index is 0.260. The van der Waals surface area contributed by atoms with Gasteiger partial charge >= 0.3 is 0 Å². The maximum atomic E-state index is 10.3. The minimum atomic E-state index is -0.260. The summed E-state index contributed by atoms with van der Waals surface area (Å²) in [6.45, 7) is 2.12. The van der Waals surface area contributed by atoms with Gasteiger partial charge in [-0.05, 0) is 24.1 Å². The van der Waals surface area contributed by atoms with E-state index < -0.39 is 0 Å². The molecule has 2 N–H and O–H groups in total. The van der Waals surface area contributed by atoms with Crippen LogP contribution in [0.25, 0.3) is 0 Å². The number of amides is 1. The smallest absolute Gasteiger partial charge is 0.217 e. The first-order valence-corrected chi connectivity index (χ1v) is 4.37. The molecule has 3 heteroatoms. The molecule has 0 aromatic carbocycles. The average Bonchev–Trinajstić information content (AvgIpc) is 1.97. The Morgan fingerprint density at radius 3 is 2.45 bits per heavy atom. The number of hydrogen-bond donors (Lipinski definition) is 1. The molecule has 0 aliphatic heterocycles. The molecule has 0 fully saturated rings. The second-order valence-electron chi connectivity index (χ2n) is 2.61. The van der Waals surface area contributed by atoms with Crippen molar-refractivity contribution in [2.45, 2.75) is 39.0 Å². The largest absolute Gasteiger partial charge is 0.370 e. The van der Waals surface area contributed by atoms with E-state index in [-0.39, 0.29) is 5.91 Å². The molecule has 0 aliphatic rings. The van der Waals surface area contributed by atoms with Gasteiger partial charge in [-0.2, -0.15) is 0 Å². The fraction of sp³-hybridized carbons (Fsp3) is 0.750. The van der Waals surface area contributed by atoms with Crippen molar-refractivity contribution >= 4 is 23.0 Å². The molecule has 0 aromatic rings. The summed E-state index contributed by atoms with van der Waals surface area (Å²) >= 11 is 5.03. The van der Waals surface area contributed by atoms with Crippen molar-refractivity contribution in [3.8, 4) is 0 Å². The lowest BCUT2D eigenvalue weighted by Gasteiger charge is -1.99. The number of thiocarbonyl (C=S) groups is 1. The normalized spacial score (nSPS) is 9.55. The van der Waals surface area contributed by atoms with Crippen LogP contribution in [-0.2, 0) is 4.79 Å². The van der Waals surface area contributed by atoms with Gasteiger partial charge in [0.2, 0.25) is 5.91 Å². The molecular weight excluding hydrogens is 158 g/mol. The van der Waals surface area contributed by atoms with Crippen molar-refractivity contribution in [3.63, 3.8) is 0 Å². The Hall–Kier alpha value is -0.440. The van der Waals surface area contributed by atoms with Crippen molar-refractivity contribution in [2.24, 2.45) is 5.73 Å². The highest BCUT2D eigenvalue weighted by molar-refractivity contribution is 7.80. The van der Waals surface area contributed by atoms with Gasteiger partial charge in [-0.25, -0.2) is 0 Å². The fourth-order valence-electron chi connectivity index (χ4n) is 0.762. The van der Waals surface area contributed by atoms with E-state index in [0.717, 1.165) is 24.1 Å². The van der Waals surface area contributed by atoms with E-state index in [1.54, 1.807) is 0 Å². The SMILES string of the molecule is CCCCC(=S)CCC(N)=O. The molecule has 0 rings (SSSR count). The van der Waals surface area contributed by atoms with Gasteiger partial charge in [0, 0.05) is 6.42 Å². The van der Waals surface area contributed by atoms with Crippen LogP contribution in [0.1, 0.15) is 39.0 Å². The lowest BCUT2D eigenvalue weighted by molar-refractivity contribution is -0.117. The molecule has 0 heterocycles. The highest BCUT2D eigenvalue weighted by Crippen LogP contribution is 2.02. The fourth-order valence-corrected chi connectivity index (χ4v) is 1.01. The number of hydrogen-bond acceptors (Lipinski definition) is 2. The van der Waals surface area contributed by atoms with Crippen LogP contribution >= 0.6 is 12.2 Å². The zero-order chi connectivity index (χ0) is 8.69. The Morgan fingerprint density at radius 2 is 2.00 bits per heavy atom. The molecule has 0 bridgehead atoms. The molecule has 0 aliphatic carbocycles. The van der Waals surface area contributed by atoms with Crippen molar-refractivity contribution in [3.05, 3.63) is 0 Å². The quantitative estimate of drug-likeness (QED) is 0.622. The van der Waals surface area contributed by atoms with E-state index >= 15 is 0 Å². The minimum Gasteiger partial charge on any atom is -0.370 e. The van der Waals surface area contributed by atoms with Crippen molar-refractivity contribution in [2.75, 3.05) is 0 Å².